The minimum Gasteiger partial charge on any atom is -0.450 e. The summed E-state index contributed by atoms with van der Waals surface area (Å²) in [4.78, 5) is 10.6. The maximum atomic E-state index is 11.1. The van der Waals surface area contributed by atoms with Crippen LogP contribution in [0.1, 0.15) is 22.3 Å². The Labute approximate surface area is 123 Å². The largest absolute Gasteiger partial charge is 0.450 e. The van der Waals surface area contributed by atoms with Gasteiger partial charge >= 0.3 is 5.69 Å². The molecule has 5 nitrogen and oxygen atoms in total. The lowest BCUT2D eigenvalue weighted by molar-refractivity contribution is -0.385. The number of hydrogen-bond donors (Lipinski definition) is 1. The molecule has 0 saturated carbocycles. The molecule has 2 aromatic carbocycles. The van der Waals surface area contributed by atoms with Crippen LogP contribution < -0.4 is 4.74 Å². The maximum Gasteiger partial charge on any atom is 0.311 e. The van der Waals surface area contributed by atoms with Crippen molar-refractivity contribution < 1.29 is 14.8 Å². The molecule has 1 N–H and O–H groups in total. The highest BCUT2D eigenvalue weighted by Crippen LogP contribution is 2.34. The molecule has 0 saturated heterocycles. The first kappa shape index (κ1) is 15.0. The molecule has 0 atom stereocenters. The van der Waals surface area contributed by atoms with Crippen molar-refractivity contribution in [3.8, 4) is 11.5 Å². The molecule has 21 heavy (non-hydrogen) atoms. The monoisotopic (exact) mass is 287 g/mol. The van der Waals surface area contributed by atoms with E-state index in [0.29, 0.717) is 11.3 Å². The van der Waals surface area contributed by atoms with E-state index in [0.717, 1.165) is 16.7 Å². The third-order valence-electron chi connectivity index (χ3n) is 3.39. The molecule has 0 aliphatic heterocycles. The van der Waals surface area contributed by atoms with Crippen molar-refractivity contribution in [2.24, 2.45) is 0 Å². The summed E-state index contributed by atoms with van der Waals surface area (Å²) in [6.07, 6.45) is 0. The molecule has 2 rings (SSSR count). The normalized spacial score (nSPS) is 10.5. The van der Waals surface area contributed by atoms with Gasteiger partial charge in [-0.2, -0.15) is 0 Å². The van der Waals surface area contributed by atoms with Crippen LogP contribution in [0.5, 0.6) is 11.5 Å². The lowest BCUT2D eigenvalue weighted by atomic mass is 10.1. The predicted octanol–water partition coefficient (Wildman–Crippen LogP) is 3.80. The fourth-order valence-corrected chi connectivity index (χ4v) is 2.12. The summed E-state index contributed by atoms with van der Waals surface area (Å²) in [5.41, 5.74) is 3.37. The Morgan fingerprint density at radius 1 is 1.14 bits per heavy atom. The summed E-state index contributed by atoms with van der Waals surface area (Å²) in [6.45, 7) is 5.59. The fourth-order valence-electron chi connectivity index (χ4n) is 2.12. The Bertz CT molecular complexity index is 695. The maximum absolute atomic E-state index is 11.1. The van der Waals surface area contributed by atoms with Crippen LogP contribution in [-0.4, -0.2) is 10.0 Å². The molecule has 0 aliphatic rings. The third-order valence-corrected chi connectivity index (χ3v) is 3.39. The number of rotatable bonds is 4. The molecular weight excluding hydrogens is 270 g/mol. The number of nitro groups is 1. The van der Waals surface area contributed by atoms with Crippen molar-refractivity contribution >= 4 is 5.69 Å². The summed E-state index contributed by atoms with van der Waals surface area (Å²) >= 11 is 0. The van der Waals surface area contributed by atoms with Gasteiger partial charge in [0.15, 0.2) is 0 Å². The van der Waals surface area contributed by atoms with Gasteiger partial charge in [-0.15, -0.1) is 0 Å². The lowest BCUT2D eigenvalue weighted by Crippen LogP contribution is -1.97. The fraction of sp³-hybridized carbons (Fsp3) is 0.250. The Kier molecular flexibility index (Phi) is 4.23. The SMILES string of the molecule is Cc1cc(C)c(C)c(Oc2ccc(CO)cc2[N+](=O)[O-])c1. The van der Waals surface area contributed by atoms with Gasteiger partial charge in [-0.05, 0) is 55.2 Å². The second-order valence-electron chi connectivity index (χ2n) is 5.02. The number of aliphatic hydroxyl groups excluding tert-OH is 1. The van der Waals surface area contributed by atoms with E-state index >= 15 is 0 Å². The number of nitrogens with zero attached hydrogens (tertiary/aromatic N) is 1. The number of nitro benzene ring substituents is 1. The molecule has 0 aromatic heterocycles. The zero-order chi connectivity index (χ0) is 15.6. The van der Waals surface area contributed by atoms with E-state index in [1.165, 1.54) is 12.1 Å². The van der Waals surface area contributed by atoms with Crippen LogP contribution in [0.15, 0.2) is 30.3 Å². The summed E-state index contributed by atoms with van der Waals surface area (Å²) in [5.74, 6) is 0.776. The number of aryl methyl sites for hydroxylation is 2. The van der Waals surface area contributed by atoms with Crippen molar-refractivity contribution in [3.05, 3.63) is 62.7 Å². The Morgan fingerprint density at radius 3 is 2.48 bits per heavy atom. The number of ether oxygens (including phenoxy) is 1. The van der Waals surface area contributed by atoms with Gasteiger partial charge in [0.2, 0.25) is 5.75 Å². The zero-order valence-corrected chi connectivity index (χ0v) is 12.2. The standard InChI is InChI=1S/C16H17NO4/c1-10-6-11(2)12(3)16(7-10)21-15-5-4-13(9-18)8-14(15)17(19)20/h4-8,18H,9H2,1-3H3. The van der Waals surface area contributed by atoms with Crippen LogP contribution in [0.25, 0.3) is 0 Å². The molecule has 0 heterocycles. The predicted molar refractivity (Wildman–Crippen MR) is 79.7 cm³/mol. The number of aliphatic hydroxyl groups is 1. The molecule has 0 spiro atoms. The van der Waals surface area contributed by atoms with Crippen molar-refractivity contribution in [3.63, 3.8) is 0 Å². The molecule has 110 valence electrons. The molecular formula is C16H17NO4. The van der Waals surface area contributed by atoms with Gasteiger partial charge < -0.3 is 9.84 Å². The van der Waals surface area contributed by atoms with Crippen LogP contribution >= 0.6 is 0 Å². The minimum atomic E-state index is -0.507. The van der Waals surface area contributed by atoms with Gasteiger partial charge in [0.25, 0.3) is 0 Å². The molecule has 0 fully saturated rings. The van der Waals surface area contributed by atoms with Crippen molar-refractivity contribution in [2.45, 2.75) is 27.4 Å². The summed E-state index contributed by atoms with van der Waals surface area (Å²) in [5, 5.41) is 20.2. The van der Waals surface area contributed by atoms with Gasteiger partial charge in [-0.1, -0.05) is 12.1 Å². The van der Waals surface area contributed by atoms with E-state index in [2.05, 4.69) is 0 Å². The Morgan fingerprint density at radius 2 is 1.86 bits per heavy atom. The van der Waals surface area contributed by atoms with Gasteiger partial charge in [0.05, 0.1) is 11.5 Å². The molecule has 2 aromatic rings. The third kappa shape index (κ3) is 3.20. The minimum absolute atomic E-state index is 0.153. The molecule has 0 radical (unpaired) electrons. The smallest absolute Gasteiger partial charge is 0.311 e. The average molecular weight is 287 g/mol. The van der Waals surface area contributed by atoms with E-state index < -0.39 is 4.92 Å². The second kappa shape index (κ2) is 5.93. The number of hydrogen-bond acceptors (Lipinski definition) is 4. The van der Waals surface area contributed by atoms with Crippen LogP contribution in [0.3, 0.4) is 0 Å². The Balaban J connectivity index is 2.47. The first-order valence-electron chi connectivity index (χ1n) is 6.56. The van der Waals surface area contributed by atoms with Crippen LogP contribution in [0.4, 0.5) is 5.69 Å². The zero-order valence-electron chi connectivity index (χ0n) is 12.2. The molecule has 0 amide bonds. The second-order valence-corrected chi connectivity index (χ2v) is 5.02. The van der Waals surface area contributed by atoms with Crippen molar-refractivity contribution in [2.75, 3.05) is 0 Å². The van der Waals surface area contributed by atoms with Crippen LogP contribution in [0.2, 0.25) is 0 Å². The lowest BCUT2D eigenvalue weighted by Gasteiger charge is -2.12. The highest BCUT2D eigenvalue weighted by atomic mass is 16.6. The summed E-state index contributed by atoms with van der Waals surface area (Å²) in [7, 11) is 0. The first-order valence-corrected chi connectivity index (χ1v) is 6.56. The molecule has 0 unspecified atom stereocenters. The Hall–Kier alpha value is -2.40. The topological polar surface area (TPSA) is 72.6 Å². The van der Waals surface area contributed by atoms with Gasteiger partial charge in [0, 0.05) is 6.07 Å². The summed E-state index contributed by atoms with van der Waals surface area (Å²) < 4.78 is 5.74. The van der Waals surface area contributed by atoms with E-state index in [9.17, 15) is 10.1 Å². The van der Waals surface area contributed by atoms with E-state index in [-0.39, 0.29) is 18.0 Å². The van der Waals surface area contributed by atoms with E-state index in [4.69, 9.17) is 9.84 Å². The first-order chi connectivity index (χ1) is 9.92. The highest BCUT2D eigenvalue weighted by molar-refractivity contribution is 5.52. The van der Waals surface area contributed by atoms with E-state index in [1.807, 2.05) is 32.9 Å². The van der Waals surface area contributed by atoms with Gasteiger partial charge in [-0.25, -0.2) is 0 Å². The molecule has 0 bridgehead atoms. The van der Waals surface area contributed by atoms with Gasteiger partial charge in [0.1, 0.15) is 5.75 Å². The van der Waals surface area contributed by atoms with Crippen LogP contribution in [0, 0.1) is 30.9 Å². The van der Waals surface area contributed by atoms with Crippen LogP contribution in [-0.2, 0) is 6.61 Å². The molecule has 0 aliphatic carbocycles. The average Bonchev–Trinajstić information content (AvgIpc) is 2.44. The number of benzene rings is 2. The summed E-state index contributed by atoms with van der Waals surface area (Å²) in [6, 6.07) is 8.34. The van der Waals surface area contributed by atoms with E-state index in [1.54, 1.807) is 6.07 Å². The van der Waals surface area contributed by atoms with Gasteiger partial charge in [-0.3, -0.25) is 10.1 Å². The quantitative estimate of drug-likeness (QED) is 0.685. The highest BCUT2D eigenvalue weighted by Gasteiger charge is 2.17. The van der Waals surface area contributed by atoms with Crippen molar-refractivity contribution in [1.29, 1.82) is 0 Å². The molecule has 5 heteroatoms. The van der Waals surface area contributed by atoms with Crippen molar-refractivity contribution in [1.82, 2.24) is 0 Å².